The van der Waals surface area contributed by atoms with Crippen molar-refractivity contribution in [1.29, 1.82) is 0 Å². The van der Waals surface area contributed by atoms with E-state index >= 15 is 0 Å². The largest absolute Gasteiger partial charge is 0.305 e. The molecule has 0 aliphatic rings. The van der Waals surface area contributed by atoms with Gasteiger partial charge in [0.25, 0.3) is 0 Å². The van der Waals surface area contributed by atoms with Gasteiger partial charge in [-0.25, -0.2) is 9.97 Å². The summed E-state index contributed by atoms with van der Waals surface area (Å²) in [5.41, 5.74) is 0.960. The van der Waals surface area contributed by atoms with Crippen LogP contribution in [-0.4, -0.2) is 22.4 Å². The average Bonchev–Trinajstić information content (AvgIpc) is 3.09. The van der Waals surface area contributed by atoms with Crippen molar-refractivity contribution >= 4 is 33.7 Å². The van der Waals surface area contributed by atoms with E-state index in [2.05, 4.69) is 22.2 Å². The van der Waals surface area contributed by atoms with Gasteiger partial charge in [-0.2, -0.15) is 0 Å². The summed E-state index contributed by atoms with van der Waals surface area (Å²) in [5, 5.41) is 7.20. The van der Waals surface area contributed by atoms with Gasteiger partial charge in [-0.1, -0.05) is 6.92 Å². The molecule has 5 nitrogen and oxygen atoms in total. The highest BCUT2D eigenvalue weighted by atomic mass is 32.1. The molecular formula is C14H20N4OS2. The Morgan fingerprint density at radius 1 is 1.38 bits per heavy atom. The highest BCUT2D eigenvalue weighted by molar-refractivity contribution is 7.14. The second-order valence-electron chi connectivity index (χ2n) is 4.56. The summed E-state index contributed by atoms with van der Waals surface area (Å²) in [5.74, 6) is 0.0289. The molecule has 0 saturated carbocycles. The molecule has 0 radical (unpaired) electrons. The van der Waals surface area contributed by atoms with E-state index in [9.17, 15) is 4.79 Å². The molecule has 114 valence electrons. The Balaban J connectivity index is 1.86. The van der Waals surface area contributed by atoms with Crippen LogP contribution in [0.4, 0.5) is 5.13 Å². The van der Waals surface area contributed by atoms with E-state index in [1.54, 1.807) is 23.2 Å². The number of nitrogens with zero attached hydrogens (tertiary/aromatic N) is 3. The lowest BCUT2D eigenvalue weighted by Crippen LogP contribution is -2.27. The number of amides is 1. The summed E-state index contributed by atoms with van der Waals surface area (Å²) in [4.78, 5) is 23.3. The molecule has 2 rings (SSSR count). The standard InChI is InChI=1S/C14H20N4OS2/c1-4-12-7-16-13(21-12)8-15-6-11-9-20-14(17-11)18(5-2)10(3)19/h7,9,15H,4-6,8H2,1-3H3. The molecular weight excluding hydrogens is 304 g/mol. The predicted molar refractivity (Wildman–Crippen MR) is 87.9 cm³/mol. The van der Waals surface area contributed by atoms with Gasteiger partial charge in [-0.05, 0) is 13.3 Å². The number of thiazole rings is 2. The van der Waals surface area contributed by atoms with Crippen LogP contribution in [0.3, 0.4) is 0 Å². The molecule has 0 atom stereocenters. The maximum atomic E-state index is 11.5. The minimum absolute atomic E-state index is 0.0289. The Labute approximate surface area is 133 Å². The quantitative estimate of drug-likeness (QED) is 0.851. The van der Waals surface area contributed by atoms with Crippen molar-refractivity contribution < 1.29 is 4.79 Å². The molecule has 2 aromatic heterocycles. The molecule has 0 bridgehead atoms. The number of nitrogens with one attached hydrogen (secondary N) is 1. The van der Waals surface area contributed by atoms with Crippen LogP contribution >= 0.6 is 22.7 Å². The van der Waals surface area contributed by atoms with Crippen molar-refractivity contribution in [2.75, 3.05) is 11.4 Å². The van der Waals surface area contributed by atoms with E-state index in [1.165, 1.54) is 16.2 Å². The van der Waals surface area contributed by atoms with Gasteiger partial charge in [0.2, 0.25) is 5.91 Å². The Kier molecular flexibility index (Phi) is 5.84. The zero-order chi connectivity index (χ0) is 15.2. The molecule has 0 spiro atoms. The van der Waals surface area contributed by atoms with Gasteiger partial charge in [-0.3, -0.25) is 9.69 Å². The number of hydrogen-bond donors (Lipinski definition) is 1. The number of anilines is 1. The van der Waals surface area contributed by atoms with Crippen molar-refractivity contribution in [3.8, 4) is 0 Å². The Bertz CT molecular complexity index is 593. The van der Waals surface area contributed by atoms with Crippen molar-refractivity contribution in [1.82, 2.24) is 15.3 Å². The predicted octanol–water partition coefficient (Wildman–Crippen LogP) is 2.82. The Morgan fingerprint density at radius 3 is 2.81 bits per heavy atom. The Hall–Kier alpha value is -1.31. The van der Waals surface area contributed by atoms with Crippen LogP contribution in [0.5, 0.6) is 0 Å². The molecule has 0 aliphatic heterocycles. The van der Waals surface area contributed by atoms with Crippen LogP contribution in [0.25, 0.3) is 0 Å². The first kappa shape index (κ1) is 16.1. The van der Waals surface area contributed by atoms with Crippen LogP contribution in [0.15, 0.2) is 11.6 Å². The van der Waals surface area contributed by atoms with Gasteiger partial charge in [-0.15, -0.1) is 22.7 Å². The van der Waals surface area contributed by atoms with Gasteiger partial charge in [0.15, 0.2) is 5.13 Å². The van der Waals surface area contributed by atoms with E-state index in [-0.39, 0.29) is 5.91 Å². The maximum absolute atomic E-state index is 11.5. The maximum Gasteiger partial charge on any atom is 0.225 e. The zero-order valence-corrected chi connectivity index (χ0v) is 14.2. The zero-order valence-electron chi connectivity index (χ0n) is 12.5. The summed E-state index contributed by atoms with van der Waals surface area (Å²) in [7, 11) is 0. The number of carbonyl (C=O) groups excluding carboxylic acids is 1. The minimum atomic E-state index is 0.0289. The number of hydrogen-bond acceptors (Lipinski definition) is 6. The molecule has 0 aromatic carbocycles. The second-order valence-corrected chi connectivity index (χ2v) is 6.60. The first-order valence-electron chi connectivity index (χ1n) is 7.00. The third-order valence-electron chi connectivity index (χ3n) is 3.00. The molecule has 21 heavy (non-hydrogen) atoms. The minimum Gasteiger partial charge on any atom is -0.305 e. The molecule has 0 unspecified atom stereocenters. The van der Waals surface area contributed by atoms with Gasteiger partial charge >= 0.3 is 0 Å². The molecule has 2 heterocycles. The van der Waals surface area contributed by atoms with Gasteiger partial charge in [0.1, 0.15) is 5.01 Å². The number of carbonyl (C=O) groups is 1. The van der Waals surface area contributed by atoms with E-state index < -0.39 is 0 Å². The van der Waals surface area contributed by atoms with Crippen LogP contribution < -0.4 is 10.2 Å². The monoisotopic (exact) mass is 324 g/mol. The van der Waals surface area contributed by atoms with E-state index in [0.29, 0.717) is 13.1 Å². The van der Waals surface area contributed by atoms with Crippen LogP contribution in [0.1, 0.15) is 36.3 Å². The lowest BCUT2D eigenvalue weighted by molar-refractivity contribution is -0.116. The van der Waals surface area contributed by atoms with Crippen molar-refractivity contribution in [3.63, 3.8) is 0 Å². The fourth-order valence-corrected chi connectivity index (χ4v) is 3.65. The first-order valence-corrected chi connectivity index (χ1v) is 8.70. The van der Waals surface area contributed by atoms with Crippen molar-refractivity contribution in [3.05, 3.63) is 27.2 Å². The first-order chi connectivity index (χ1) is 10.1. The molecule has 0 saturated heterocycles. The van der Waals surface area contributed by atoms with Crippen LogP contribution in [-0.2, 0) is 24.3 Å². The van der Waals surface area contributed by atoms with Crippen molar-refractivity contribution in [2.45, 2.75) is 40.3 Å². The lowest BCUT2D eigenvalue weighted by Gasteiger charge is -2.14. The number of rotatable bonds is 7. The van der Waals surface area contributed by atoms with Crippen LogP contribution in [0, 0.1) is 0 Å². The SMILES string of the molecule is CCc1cnc(CNCc2csc(N(CC)C(C)=O)n2)s1. The van der Waals surface area contributed by atoms with Gasteiger partial charge < -0.3 is 5.32 Å². The van der Waals surface area contributed by atoms with E-state index in [1.807, 2.05) is 18.5 Å². The number of aromatic nitrogens is 2. The molecule has 0 fully saturated rings. The highest BCUT2D eigenvalue weighted by Crippen LogP contribution is 2.20. The van der Waals surface area contributed by atoms with Crippen molar-refractivity contribution in [2.24, 2.45) is 0 Å². The second kappa shape index (κ2) is 7.63. The third-order valence-corrected chi connectivity index (χ3v) is 5.05. The highest BCUT2D eigenvalue weighted by Gasteiger charge is 2.13. The fourth-order valence-electron chi connectivity index (χ4n) is 1.88. The summed E-state index contributed by atoms with van der Waals surface area (Å²) in [6.07, 6.45) is 2.97. The summed E-state index contributed by atoms with van der Waals surface area (Å²) < 4.78 is 0. The summed E-state index contributed by atoms with van der Waals surface area (Å²) in [6.45, 7) is 7.74. The summed E-state index contributed by atoms with van der Waals surface area (Å²) in [6, 6.07) is 0. The molecule has 1 N–H and O–H groups in total. The van der Waals surface area contributed by atoms with E-state index in [4.69, 9.17) is 0 Å². The smallest absolute Gasteiger partial charge is 0.225 e. The molecule has 1 amide bonds. The molecule has 2 aromatic rings. The van der Waals surface area contributed by atoms with Gasteiger partial charge in [0, 0.05) is 43.0 Å². The normalized spacial score (nSPS) is 10.8. The third kappa shape index (κ3) is 4.33. The topological polar surface area (TPSA) is 58.1 Å². The number of aryl methyl sites for hydroxylation is 1. The van der Waals surface area contributed by atoms with Gasteiger partial charge in [0.05, 0.1) is 5.69 Å². The fraction of sp³-hybridized carbons (Fsp3) is 0.500. The average molecular weight is 324 g/mol. The Morgan fingerprint density at radius 2 is 2.19 bits per heavy atom. The molecule has 7 heteroatoms. The summed E-state index contributed by atoms with van der Waals surface area (Å²) >= 11 is 3.25. The lowest BCUT2D eigenvalue weighted by atomic mass is 10.4. The molecule has 0 aliphatic carbocycles. The van der Waals surface area contributed by atoms with E-state index in [0.717, 1.165) is 28.8 Å². The van der Waals surface area contributed by atoms with Crippen LogP contribution in [0.2, 0.25) is 0 Å².